The Morgan fingerprint density at radius 2 is 2.23 bits per heavy atom. The van der Waals surface area contributed by atoms with Gasteiger partial charge in [-0.1, -0.05) is 23.2 Å². The van der Waals surface area contributed by atoms with E-state index in [1.807, 2.05) is 23.8 Å². The number of nitrogens with zero attached hydrogens (tertiary/aromatic N) is 2. The third kappa shape index (κ3) is 3.35. The van der Waals surface area contributed by atoms with Crippen molar-refractivity contribution in [2.75, 3.05) is 19.8 Å². The summed E-state index contributed by atoms with van der Waals surface area (Å²) in [6.45, 7) is 3.81. The topological polar surface area (TPSA) is 58.7 Å². The molecule has 4 rings (SSSR count). The summed E-state index contributed by atoms with van der Waals surface area (Å²) >= 11 is 12.4. The minimum Gasteiger partial charge on any atom is -0.454 e. The van der Waals surface area contributed by atoms with Crippen molar-refractivity contribution in [2.45, 2.75) is 25.4 Å². The molecule has 0 unspecified atom stereocenters. The highest BCUT2D eigenvalue weighted by molar-refractivity contribution is 6.38. The molecule has 1 aliphatic heterocycles. The first-order valence-corrected chi connectivity index (χ1v) is 9.09. The molecule has 0 bridgehead atoms. The van der Waals surface area contributed by atoms with Crippen molar-refractivity contribution in [1.82, 2.24) is 9.55 Å². The second-order valence-corrected chi connectivity index (χ2v) is 6.96. The monoisotopic (exact) mass is 396 g/mol. The van der Waals surface area contributed by atoms with Gasteiger partial charge in [0.25, 0.3) is 0 Å². The van der Waals surface area contributed by atoms with Crippen molar-refractivity contribution < 1.29 is 18.6 Å². The fourth-order valence-corrected chi connectivity index (χ4v) is 3.62. The van der Waals surface area contributed by atoms with Crippen molar-refractivity contribution in [3.05, 3.63) is 52.7 Å². The SMILES string of the molecule is CCOC[C@H]1CO[C@@](Cn2ccnc2)(c2cc3cc(Cl)cc(Cl)c3o2)O1. The van der Waals surface area contributed by atoms with Crippen molar-refractivity contribution in [1.29, 1.82) is 0 Å². The van der Waals surface area contributed by atoms with E-state index < -0.39 is 5.79 Å². The zero-order chi connectivity index (χ0) is 18.1. The molecule has 138 valence electrons. The Hall–Kier alpha value is -1.57. The molecule has 1 fully saturated rings. The normalized spacial score (nSPS) is 23.1. The summed E-state index contributed by atoms with van der Waals surface area (Å²) in [7, 11) is 0. The van der Waals surface area contributed by atoms with E-state index in [1.165, 1.54) is 0 Å². The molecule has 2 atom stereocenters. The molecule has 8 heteroatoms. The Kier molecular flexibility index (Phi) is 4.94. The van der Waals surface area contributed by atoms with Crippen LogP contribution in [0, 0.1) is 0 Å². The van der Waals surface area contributed by atoms with Crippen LogP contribution < -0.4 is 0 Å². The van der Waals surface area contributed by atoms with Gasteiger partial charge in [-0.25, -0.2) is 4.98 Å². The Balaban J connectivity index is 1.72. The first-order chi connectivity index (χ1) is 12.6. The highest BCUT2D eigenvalue weighted by Gasteiger charge is 2.46. The predicted molar refractivity (Wildman–Crippen MR) is 97.5 cm³/mol. The Bertz CT molecular complexity index is 896. The summed E-state index contributed by atoms with van der Waals surface area (Å²) in [5.74, 6) is -0.554. The zero-order valence-corrected chi connectivity index (χ0v) is 15.7. The molecule has 2 aromatic heterocycles. The summed E-state index contributed by atoms with van der Waals surface area (Å²) in [5.41, 5.74) is 0.552. The first kappa shape index (κ1) is 17.8. The molecule has 1 aromatic carbocycles. The number of aromatic nitrogens is 2. The Labute approximate surface area is 160 Å². The fourth-order valence-electron chi connectivity index (χ4n) is 3.07. The summed E-state index contributed by atoms with van der Waals surface area (Å²) in [5, 5.41) is 1.78. The van der Waals surface area contributed by atoms with E-state index in [0.29, 0.717) is 47.8 Å². The molecule has 0 saturated carbocycles. The maximum atomic E-state index is 6.27. The molecule has 1 aliphatic rings. The van der Waals surface area contributed by atoms with Crippen molar-refractivity contribution in [3.8, 4) is 0 Å². The van der Waals surface area contributed by atoms with E-state index in [4.69, 9.17) is 41.8 Å². The molecule has 0 N–H and O–H groups in total. The van der Waals surface area contributed by atoms with E-state index in [0.717, 1.165) is 5.39 Å². The Morgan fingerprint density at radius 3 is 3.00 bits per heavy atom. The highest BCUT2D eigenvalue weighted by Crippen LogP contribution is 2.41. The number of halogens is 2. The minimum atomic E-state index is -1.09. The Morgan fingerprint density at radius 1 is 1.35 bits per heavy atom. The number of furan rings is 1. The van der Waals surface area contributed by atoms with Crippen LogP contribution in [-0.4, -0.2) is 35.5 Å². The van der Waals surface area contributed by atoms with Gasteiger partial charge in [0.1, 0.15) is 6.10 Å². The van der Waals surface area contributed by atoms with Gasteiger partial charge >= 0.3 is 0 Å². The van der Waals surface area contributed by atoms with Crippen LogP contribution in [0.15, 0.2) is 41.3 Å². The van der Waals surface area contributed by atoms with Crippen LogP contribution in [0.4, 0.5) is 0 Å². The molecule has 3 aromatic rings. The highest BCUT2D eigenvalue weighted by atomic mass is 35.5. The van der Waals surface area contributed by atoms with Gasteiger partial charge in [0, 0.05) is 29.4 Å². The quantitative estimate of drug-likeness (QED) is 0.623. The van der Waals surface area contributed by atoms with E-state index in [-0.39, 0.29) is 6.10 Å². The van der Waals surface area contributed by atoms with Gasteiger partial charge in [-0.2, -0.15) is 0 Å². The van der Waals surface area contributed by atoms with Crippen LogP contribution in [0.5, 0.6) is 0 Å². The third-order valence-electron chi connectivity index (χ3n) is 4.23. The van der Waals surface area contributed by atoms with Gasteiger partial charge in [0.15, 0.2) is 11.3 Å². The zero-order valence-electron chi connectivity index (χ0n) is 14.2. The second kappa shape index (κ2) is 7.21. The molecule has 6 nitrogen and oxygen atoms in total. The molecule has 0 aliphatic carbocycles. The lowest BCUT2D eigenvalue weighted by Gasteiger charge is -2.26. The van der Waals surface area contributed by atoms with Crippen LogP contribution >= 0.6 is 23.2 Å². The number of rotatable bonds is 6. The average Bonchev–Trinajstić information content (AvgIpc) is 3.33. The van der Waals surface area contributed by atoms with E-state index in [1.54, 1.807) is 24.7 Å². The van der Waals surface area contributed by atoms with E-state index >= 15 is 0 Å². The van der Waals surface area contributed by atoms with Gasteiger partial charge in [0.05, 0.1) is 31.1 Å². The summed E-state index contributed by atoms with van der Waals surface area (Å²) in [4.78, 5) is 4.08. The van der Waals surface area contributed by atoms with Gasteiger partial charge < -0.3 is 23.2 Å². The maximum absolute atomic E-state index is 6.27. The van der Waals surface area contributed by atoms with Crippen LogP contribution in [0.2, 0.25) is 10.0 Å². The number of ether oxygens (including phenoxy) is 3. The van der Waals surface area contributed by atoms with Crippen LogP contribution in [0.1, 0.15) is 12.7 Å². The number of hydrogen-bond acceptors (Lipinski definition) is 5. The number of fused-ring (bicyclic) bond motifs is 1. The van der Waals surface area contributed by atoms with Crippen molar-refractivity contribution in [2.24, 2.45) is 0 Å². The largest absolute Gasteiger partial charge is 0.454 e. The predicted octanol–water partition coefficient (Wildman–Crippen LogP) is 4.24. The average molecular weight is 397 g/mol. The summed E-state index contributed by atoms with van der Waals surface area (Å²) in [6.07, 6.45) is 5.06. The molecule has 26 heavy (non-hydrogen) atoms. The van der Waals surface area contributed by atoms with E-state index in [2.05, 4.69) is 4.98 Å². The van der Waals surface area contributed by atoms with E-state index in [9.17, 15) is 0 Å². The molecule has 3 heterocycles. The summed E-state index contributed by atoms with van der Waals surface area (Å²) in [6, 6.07) is 5.30. The lowest BCUT2D eigenvalue weighted by atomic mass is 10.1. The lowest BCUT2D eigenvalue weighted by Crippen LogP contribution is -2.33. The van der Waals surface area contributed by atoms with Crippen LogP contribution in [0.3, 0.4) is 0 Å². The maximum Gasteiger partial charge on any atom is 0.247 e. The lowest BCUT2D eigenvalue weighted by molar-refractivity contribution is -0.202. The van der Waals surface area contributed by atoms with Gasteiger partial charge in [0.2, 0.25) is 5.79 Å². The minimum absolute atomic E-state index is 0.189. The molecule has 0 amide bonds. The fraction of sp³-hybridized carbons (Fsp3) is 0.389. The van der Waals surface area contributed by atoms with Gasteiger partial charge in [-0.3, -0.25) is 0 Å². The first-order valence-electron chi connectivity index (χ1n) is 8.34. The summed E-state index contributed by atoms with van der Waals surface area (Å²) < 4.78 is 25.7. The number of imidazole rings is 1. The second-order valence-electron chi connectivity index (χ2n) is 6.11. The van der Waals surface area contributed by atoms with Gasteiger partial charge in [-0.05, 0) is 25.1 Å². The van der Waals surface area contributed by atoms with Crippen molar-refractivity contribution >= 4 is 34.2 Å². The molecular weight excluding hydrogens is 379 g/mol. The van der Waals surface area contributed by atoms with Crippen LogP contribution in [0.25, 0.3) is 11.0 Å². The standard InChI is InChI=1S/C18H18Cl2N2O4/c1-2-23-8-14-9-24-18(26-14,10-22-4-3-21-11-22)16-6-12-5-13(19)7-15(20)17(12)25-16/h3-7,11,14H,2,8-10H2,1H3/t14-,18+/m0/s1. The molecule has 1 saturated heterocycles. The van der Waals surface area contributed by atoms with Crippen LogP contribution in [-0.2, 0) is 26.5 Å². The molecule has 0 radical (unpaired) electrons. The molecule has 0 spiro atoms. The number of hydrogen-bond donors (Lipinski definition) is 0. The third-order valence-corrected chi connectivity index (χ3v) is 4.73. The smallest absolute Gasteiger partial charge is 0.247 e. The van der Waals surface area contributed by atoms with Gasteiger partial charge in [-0.15, -0.1) is 0 Å². The van der Waals surface area contributed by atoms with Crippen molar-refractivity contribution in [3.63, 3.8) is 0 Å². The molecular formula is C18H18Cl2N2O4. The number of benzene rings is 1.